The van der Waals surface area contributed by atoms with E-state index in [9.17, 15) is 13.6 Å². The molecule has 1 amide bonds. The van der Waals surface area contributed by atoms with Crippen LogP contribution in [0.25, 0.3) is 10.9 Å². The van der Waals surface area contributed by atoms with Gasteiger partial charge in [-0.2, -0.15) is 0 Å². The van der Waals surface area contributed by atoms with Gasteiger partial charge in [-0.1, -0.05) is 12.8 Å². The van der Waals surface area contributed by atoms with E-state index < -0.39 is 17.5 Å². The smallest absolute Gasteiger partial charge is 0.252 e. The van der Waals surface area contributed by atoms with Crippen LogP contribution in [0.2, 0.25) is 0 Å². The van der Waals surface area contributed by atoms with Crippen molar-refractivity contribution in [2.24, 2.45) is 11.5 Å². The van der Waals surface area contributed by atoms with E-state index in [1.54, 1.807) is 18.3 Å². The minimum Gasteiger partial charge on any atom is -0.365 e. The molecule has 152 valence electrons. The maximum atomic E-state index is 14.6. The molecule has 0 saturated heterocycles. The molecule has 1 fully saturated rings. The average Bonchev–Trinajstić information content (AvgIpc) is 3.15. The number of benzene rings is 1. The summed E-state index contributed by atoms with van der Waals surface area (Å²) in [5.41, 5.74) is 12.1. The van der Waals surface area contributed by atoms with Crippen molar-refractivity contribution in [3.05, 3.63) is 47.7 Å². The highest BCUT2D eigenvalue weighted by Crippen LogP contribution is 2.28. The molecule has 1 aromatic carbocycles. The van der Waals surface area contributed by atoms with Gasteiger partial charge in [0.1, 0.15) is 11.6 Å². The molecule has 7 N–H and O–H groups in total. The average molecular weight is 400 g/mol. The second-order valence-corrected chi connectivity index (χ2v) is 7.30. The van der Waals surface area contributed by atoms with E-state index in [0.717, 1.165) is 31.7 Å². The Morgan fingerprint density at radius 3 is 2.69 bits per heavy atom. The van der Waals surface area contributed by atoms with Gasteiger partial charge in [-0.3, -0.25) is 4.79 Å². The van der Waals surface area contributed by atoms with Gasteiger partial charge < -0.3 is 27.1 Å². The van der Waals surface area contributed by atoms with Crippen molar-refractivity contribution < 1.29 is 13.6 Å². The third kappa shape index (κ3) is 3.86. The van der Waals surface area contributed by atoms with E-state index in [0.29, 0.717) is 16.6 Å². The number of carbonyl (C=O) groups excluding carboxylic acids is 1. The molecular weight excluding hydrogens is 378 g/mol. The molecule has 0 radical (unpaired) electrons. The first-order valence-corrected chi connectivity index (χ1v) is 9.48. The van der Waals surface area contributed by atoms with Crippen LogP contribution in [0, 0.1) is 11.6 Å². The number of aromatic amines is 1. The molecule has 3 aromatic rings. The fraction of sp³-hybridized carbons (Fsp3) is 0.300. The Balaban J connectivity index is 1.69. The zero-order valence-electron chi connectivity index (χ0n) is 15.6. The lowest BCUT2D eigenvalue weighted by molar-refractivity contribution is 0.100. The first-order valence-electron chi connectivity index (χ1n) is 9.48. The van der Waals surface area contributed by atoms with Crippen molar-refractivity contribution >= 4 is 34.1 Å². The molecule has 0 bridgehead atoms. The van der Waals surface area contributed by atoms with Crippen LogP contribution in [0.4, 0.5) is 26.1 Å². The highest BCUT2D eigenvalue weighted by atomic mass is 19.1. The maximum Gasteiger partial charge on any atom is 0.252 e. The minimum atomic E-state index is -0.844. The second-order valence-electron chi connectivity index (χ2n) is 7.30. The summed E-state index contributed by atoms with van der Waals surface area (Å²) >= 11 is 0. The largest absolute Gasteiger partial charge is 0.365 e. The monoisotopic (exact) mass is 400 g/mol. The summed E-state index contributed by atoms with van der Waals surface area (Å²) in [5, 5.41) is 6.58. The Labute approximate surface area is 165 Å². The van der Waals surface area contributed by atoms with Gasteiger partial charge in [0.2, 0.25) is 0 Å². The number of rotatable bonds is 5. The Kier molecular flexibility index (Phi) is 5.06. The topological polar surface area (TPSA) is 122 Å². The van der Waals surface area contributed by atoms with Crippen LogP contribution in [-0.4, -0.2) is 28.0 Å². The molecule has 1 aliphatic carbocycles. The molecule has 1 aliphatic rings. The van der Waals surface area contributed by atoms with Gasteiger partial charge in [0.15, 0.2) is 11.6 Å². The van der Waals surface area contributed by atoms with Crippen LogP contribution >= 0.6 is 0 Å². The highest BCUT2D eigenvalue weighted by Gasteiger charge is 2.24. The molecule has 0 unspecified atom stereocenters. The van der Waals surface area contributed by atoms with Crippen LogP contribution in [-0.2, 0) is 0 Å². The molecule has 4 rings (SSSR count). The van der Waals surface area contributed by atoms with Crippen LogP contribution in [0.5, 0.6) is 0 Å². The van der Waals surface area contributed by atoms with Gasteiger partial charge in [-0.05, 0) is 37.1 Å². The van der Waals surface area contributed by atoms with Crippen LogP contribution in [0.3, 0.4) is 0 Å². The SMILES string of the molecule is NC(=O)c1cc(F)c(N[C@@H]2CCCC[C@@H]2N)nc1Nc1cc(F)c2[nH]ccc2c1. The number of amides is 1. The van der Waals surface area contributed by atoms with Crippen molar-refractivity contribution in [1.29, 1.82) is 0 Å². The number of carbonyl (C=O) groups is 1. The predicted molar refractivity (Wildman–Crippen MR) is 108 cm³/mol. The van der Waals surface area contributed by atoms with E-state index in [1.807, 2.05) is 0 Å². The third-order valence-electron chi connectivity index (χ3n) is 5.26. The lowest BCUT2D eigenvalue weighted by Gasteiger charge is -2.30. The van der Waals surface area contributed by atoms with Crippen molar-refractivity contribution in [3.63, 3.8) is 0 Å². The number of pyridine rings is 1. The van der Waals surface area contributed by atoms with Gasteiger partial charge in [-0.15, -0.1) is 0 Å². The molecule has 0 spiro atoms. The lowest BCUT2D eigenvalue weighted by atomic mass is 9.91. The fourth-order valence-corrected chi connectivity index (χ4v) is 3.72. The van der Waals surface area contributed by atoms with E-state index in [4.69, 9.17) is 11.5 Å². The quantitative estimate of drug-likeness (QED) is 0.450. The molecule has 1 saturated carbocycles. The van der Waals surface area contributed by atoms with Crippen LogP contribution < -0.4 is 22.1 Å². The van der Waals surface area contributed by atoms with Crippen molar-refractivity contribution in [3.8, 4) is 0 Å². The van der Waals surface area contributed by atoms with E-state index >= 15 is 0 Å². The normalized spacial score (nSPS) is 19.3. The first kappa shape index (κ1) is 19.1. The van der Waals surface area contributed by atoms with Gasteiger partial charge in [0.05, 0.1) is 11.1 Å². The minimum absolute atomic E-state index is 0.0250. The summed E-state index contributed by atoms with van der Waals surface area (Å²) in [7, 11) is 0. The zero-order valence-corrected chi connectivity index (χ0v) is 15.6. The van der Waals surface area contributed by atoms with Gasteiger partial charge in [0.25, 0.3) is 5.91 Å². The van der Waals surface area contributed by atoms with E-state index in [-0.39, 0.29) is 29.3 Å². The fourth-order valence-electron chi connectivity index (χ4n) is 3.72. The number of nitrogens with zero attached hydrogens (tertiary/aromatic N) is 1. The number of aromatic nitrogens is 2. The summed E-state index contributed by atoms with van der Waals surface area (Å²) in [5.74, 6) is -2.00. The van der Waals surface area contributed by atoms with Crippen LogP contribution in [0.15, 0.2) is 30.5 Å². The second kappa shape index (κ2) is 7.67. The summed E-state index contributed by atoms with van der Waals surface area (Å²) < 4.78 is 28.8. The number of primary amides is 1. The molecule has 7 nitrogen and oxygen atoms in total. The molecule has 9 heteroatoms. The zero-order chi connectivity index (χ0) is 20.5. The molecule has 2 aromatic heterocycles. The summed E-state index contributed by atoms with van der Waals surface area (Å²) in [6, 6.07) is 5.47. The third-order valence-corrected chi connectivity index (χ3v) is 5.26. The number of halogens is 2. The Hall–Kier alpha value is -3.20. The van der Waals surface area contributed by atoms with E-state index in [1.165, 1.54) is 6.07 Å². The first-order chi connectivity index (χ1) is 13.9. The number of fused-ring (bicyclic) bond motifs is 1. The number of hydrogen-bond acceptors (Lipinski definition) is 5. The Morgan fingerprint density at radius 1 is 1.14 bits per heavy atom. The molecule has 2 atom stereocenters. The predicted octanol–water partition coefficient (Wildman–Crippen LogP) is 3.37. The molecule has 0 aliphatic heterocycles. The Bertz CT molecular complexity index is 1070. The van der Waals surface area contributed by atoms with Crippen LogP contribution in [0.1, 0.15) is 36.0 Å². The standard InChI is InChI=1S/C20H22F2N6O/c21-13-8-11(7-10-5-6-25-17(10)13)26-19-12(18(24)29)9-14(22)20(28-19)27-16-4-2-1-3-15(16)23/h5-9,15-16,25H,1-4,23H2,(H2,24,29)(H2,26,27,28)/t15-,16+/m0/s1. The van der Waals surface area contributed by atoms with Gasteiger partial charge in [-0.25, -0.2) is 13.8 Å². The number of nitrogens with one attached hydrogen (secondary N) is 3. The van der Waals surface area contributed by atoms with Crippen molar-refractivity contribution in [1.82, 2.24) is 9.97 Å². The number of hydrogen-bond donors (Lipinski definition) is 5. The molecule has 2 heterocycles. The number of H-pyrrole nitrogens is 1. The maximum absolute atomic E-state index is 14.6. The van der Waals surface area contributed by atoms with Gasteiger partial charge in [0, 0.05) is 29.4 Å². The highest BCUT2D eigenvalue weighted by molar-refractivity contribution is 5.99. The summed E-state index contributed by atoms with van der Waals surface area (Å²) in [6.45, 7) is 0. The van der Waals surface area contributed by atoms with E-state index in [2.05, 4.69) is 20.6 Å². The number of nitrogens with two attached hydrogens (primary N) is 2. The number of anilines is 3. The molecule has 29 heavy (non-hydrogen) atoms. The molecular formula is C20H22F2N6O. The van der Waals surface area contributed by atoms with Crippen molar-refractivity contribution in [2.75, 3.05) is 10.6 Å². The lowest BCUT2D eigenvalue weighted by Crippen LogP contribution is -2.43. The Morgan fingerprint density at radius 2 is 1.93 bits per heavy atom. The summed E-state index contributed by atoms with van der Waals surface area (Å²) in [4.78, 5) is 18.9. The van der Waals surface area contributed by atoms with Crippen molar-refractivity contribution in [2.45, 2.75) is 37.8 Å². The summed E-state index contributed by atoms with van der Waals surface area (Å²) in [6.07, 6.45) is 5.30. The van der Waals surface area contributed by atoms with Gasteiger partial charge >= 0.3 is 0 Å².